The van der Waals surface area contributed by atoms with Gasteiger partial charge in [-0.25, -0.2) is 10.8 Å². The van der Waals surface area contributed by atoms with Gasteiger partial charge in [-0.3, -0.25) is 0 Å². The van der Waals surface area contributed by atoms with Crippen LogP contribution in [0.4, 0.5) is 0 Å². The molecule has 4 aromatic carbocycles. The van der Waals surface area contributed by atoms with Gasteiger partial charge in [0.05, 0.1) is 6.01 Å². The standard InChI is InChI=1S/2C10H8.CH2N2.CH4/c2*1-2-6-10-8-4-3-7-9(10)5-1;2-1-3;/h2*1-8H;2-3H;1H4. The van der Waals surface area contributed by atoms with Crippen LogP contribution in [-0.2, 0) is 0 Å². The molecule has 0 bridgehead atoms. The zero-order valence-corrected chi connectivity index (χ0v) is 12.7. The molecule has 0 radical (unpaired) electrons. The average molecular weight is 314 g/mol. The lowest BCUT2D eigenvalue weighted by molar-refractivity contribution is 1.47. The van der Waals surface area contributed by atoms with Gasteiger partial charge in [0.15, 0.2) is 0 Å². The smallest absolute Gasteiger partial charge is 0.0831 e. The first kappa shape index (κ1) is 18.8. The number of fused-ring (bicyclic) bond motifs is 2. The molecular weight excluding hydrogens is 292 g/mol. The van der Waals surface area contributed by atoms with Crippen molar-refractivity contribution >= 4 is 27.6 Å². The zero-order valence-electron chi connectivity index (χ0n) is 12.7. The summed E-state index contributed by atoms with van der Waals surface area (Å²) in [7, 11) is 0. The van der Waals surface area contributed by atoms with Gasteiger partial charge in [-0.15, -0.1) is 0 Å². The number of hydrogen-bond donors (Lipinski definition) is 2. The van der Waals surface area contributed by atoms with Gasteiger partial charge in [0.1, 0.15) is 0 Å². The first-order valence-corrected chi connectivity index (χ1v) is 7.31. The fourth-order valence-electron chi connectivity index (χ4n) is 2.27. The number of rotatable bonds is 0. The molecular formula is C22H22N2. The summed E-state index contributed by atoms with van der Waals surface area (Å²) in [6.07, 6.45) is 0. The van der Waals surface area contributed by atoms with Crippen LogP contribution in [0.25, 0.3) is 21.5 Å². The van der Waals surface area contributed by atoms with Crippen molar-refractivity contribution in [2.24, 2.45) is 0 Å². The second-order valence-electron chi connectivity index (χ2n) is 4.82. The molecule has 2 nitrogen and oxygen atoms in total. The van der Waals surface area contributed by atoms with Crippen LogP contribution >= 0.6 is 0 Å². The van der Waals surface area contributed by atoms with E-state index in [-0.39, 0.29) is 7.43 Å². The van der Waals surface area contributed by atoms with Crippen LogP contribution in [0.5, 0.6) is 0 Å². The lowest BCUT2D eigenvalue weighted by Crippen LogP contribution is -1.67. The highest BCUT2D eigenvalue weighted by Crippen LogP contribution is 2.11. The summed E-state index contributed by atoms with van der Waals surface area (Å²) in [6.45, 7) is 0. The van der Waals surface area contributed by atoms with Gasteiger partial charge < -0.3 is 0 Å². The van der Waals surface area contributed by atoms with E-state index in [1.165, 1.54) is 27.6 Å². The summed E-state index contributed by atoms with van der Waals surface area (Å²) < 4.78 is 0. The van der Waals surface area contributed by atoms with Crippen LogP contribution in [0.1, 0.15) is 7.43 Å². The Kier molecular flexibility index (Phi) is 8.23. The van der Waals surface area contributed by atoms with Gasteiger partial charge in [-0.1, -0.05) is 104 Å². The van der Waals surface area contributed by atoms with E-state index in [4.69, 9.17) is 10.8 Å². The van der Waals surface area contributed by atoms with Crippen molar-refractivity contribution in [2.45, 2.75) is 7.43 Å². The van der Waals surface area contributed by atoms with Gasteiger partial charge >= 0.3 is 0 Å². The second kappa shape index (κ2) is 10.5. The van der Waals surface area contributed by atoms with Crippen molar-refractivity contribution in [3.63, 3.8) is 0 Å². The second-order valence-corrected chi connectivity index (χ2v) is 4.82. The van der Waals surface area contributed by atoms with Gasteiger partial charge in [0.2, 0.25) is 0 Å². The predicted molar refractivity (Wildman–Crippen MR) is 105 cm³/mol. The average Bonchev–Trinajstić information content (AvgIpc) is 2.63. The van der Waals surface area contributed by atoms with Crippen LogP contribution in [0, 0.1) is 10.8 Å². The summed E-state index contributed by atoms with van der Waals surface area (Å²) in [6, 6.07) is 34.7. The molecule has 0 aliphatic rings. The molecule has 0 spiro atoms. The maximum atomic E-state index is 5.62. The van der Waals surface area contributed by atoms with Crippen molar-refractivity contribution in [2.75, 3.05) is 0 Å². The van der Waals surface area contributed by atoms with E-state index in [1.54, 1.807) is 0 Å². The monoisotopic (exact) mass is 314 g/mol. The van der Waals surface area contributed by atoms with Crippen molar-refractivity contribution in [3.8, 4) is 0 Å². The third kappa shape index (κ3) is 5.53. The normalized spacial score (nSPS) is 8.67. The molecule has 0 amide bonds. The molecule has 2 heteroatoms. The number of benzene rings is 4. The Balaban J connectivity index is 0.000000200. The van der Waals surface area contributed by atoms with E-state index >= 15 is 0 Å². The molecule has 0 saturated heterocycles. The molecule has 2 N–H and O–H groups in total. The topological polar surface area (TPSA) is 47.7 Å². The lowest BCUT2D eigenvalue weighted by atomic mass is 10.1. The Bertz CT molecular complexity index is 705. The van der Waals surface area contributed by atoms with Gasteiger partial charge in [0.25, 0.3) is 0 Å². The zero-order chi connectivity index (χ0) is 16.3. The number of hydrogen-bond acceptors (Lipinski definition) is 2. The first-order chi connectivity index (χ1) is 11.3. The minimum absolute atomic E-state index is 0. The van der Waals surface area contributed by atoms with Crippen LogP contribution in [0.2, 0.25) is 0 Å². The molecule has 0 atom stereocenters. The third-order valence-electron chi connectivity index (χ3n) is 3.32. The van der Waals surface area contributed by atoms with E-state index in [9.17, 15) is 0 Å². The highest BCUT2D eigenvalue weighted by atomic mass is 14.4. The summed E-state index contributed by atoms with van der Waals surface area (Å²) in [5.41, 5.74) is 0. The maximum Gasteiger partial charge on any atom is 0.0831 e. The highest BCUT2D eigenvalue weighted by molar-refractivity contribution is 5.82. The maximum absolute atomic E-state index is 5.62. The molecule has 0 fully saturated rings. The predicted octanol–water partition coefficient (Wildman–Crippen LogP) is 6.63. The molecule has 0 heterocycles. The summed E-state index contributed by atoms with van der Waals surface area (Å²) >= 11 is 0. The van der Waals surface area contributed by atoms with E-state index in [2.05, 4.69) is 97.1 Å². The van der Waals surface area contributed by atoms with Crippen LogP contribution in [0.3, 0.4) is 0 Å². The Hall–Kier alpha value is -3.22. The Morgan fingerprint density at radius 1 is 0.417 bits per heavy atom. The summed E-state index contributed by atoms with van der Waals surface area (Å²) in [4.78, 5) is 0. The van der Waals surface area contributed by atoms with E-state index in [1.807, 2.05) is 0 Å². The lowest BCUT2D eigenvalue weighted by Gasteiger charge is -1.92. The fourth-order valence-corrected chi connectivity index (χ4v) is 2.27. The minimum atomic E-state index is 0. The Morgan fingerprint density at radius 3 is 0.667 bits per heavy atom. The van der Waals surface area contributed by atoms with Crippen molar-refractivity contribution in [1.29, 1.82) is 10.8 Å². The van der Waals surface area contributed by atoms with E-state index < -0.39 is 0 Å². The number of nitrogens with one attached hydrogen (secondary N) is 2. The molecule has 24 heavy (non-hydrogen) atoms. The van der Waals surface area contributed by atoms with Crippen molar-refractivity contribution in [3.05, 3.63) is 97.1 Å². The van der Waals surface area contributed by atoms with Crippen molar-refractivity contribution < 1.29 is 0 Å². The van der Waals surface area contributed by atoms with E-state index in [0.29, 0.717) is 0 Å². The third-order valence-corrected chi connectivity index (χ3v) is 3.32. The van der Waals surface area contributed by atoms with Crippen LogP contribution in [0.15, 0.2) is 97.1 Å². The SMILES string of the molecule is C.N=C=N.c1ccc2ccccc2c1.c1ccc2ccccc2c1. The Labute approximate surface area is 143 Å². The quantitative estimate of drug-likeness (QED) is 0.342. The van der Waals surface area contributed by atoms with Crippen molar-refractivity contribution in [1.82, 2.24) is 0 Å². The molecule has 120 valence electrons. The van der Waals surface area contributed by atoms with Gasteiger partial charge in [0, 0.05) is 0 Å². The molecule has 4 aromatic rings. The molecule has 0 aliphatic heterocycles. The first-order valence-electron chi connectivity index (χ1n) is 7.31. The molecule has 0 aromatic heterocycles. The highest BCUT2D eigenvalue weighted by Gasteiger charge is 1.86. The molecule has 0 aliphatic carbocycles. The summed E-state index contributed by atoms with van der Waals surface area (Å²) in [5.74, 6) is 0. The van der Waals surface area contributed by atoms with Crippen LogP contribution < -0.4 is 0 Å². The van der Waals surface area contributed by atoms with Crippen LogP contribution in [-0.4, -0.2) is 6.01 Å². The summed E-state index contributed by atoms with van der Waals surface area (Å²) in [5, 5.41) is 16.5. The molecule has 0 unspecified atom stereocenters. The molecule has 4 rings (SSSR count). The Morgan fingerprint density at radius 2 is 0.542 bits per heavy atom. The largest absolute Gasteiger partial charge is 0.242 e. The van der Waals surface area contributed by atoms with Gasteiger partial charge in [-0.05, 0) is 21.5 Å². The fraction of sp³-hybridized carbons (Fsp3) is 0.0455. The minimum Gasteiger partial charge on any atom is -0.242 e. The van der Waals surface area contributed by atoms with Gasteiger partial charge in [-0.2, -0.15) is 0 Å². The van der Waals surface area contributed by atoms with E-state index in [0.717, 1.165) is 0 Å². The molecule has 0 saturated carbocycles.